The van der Waals surface area contributed by atoms with Crippen LogP contribution in [0.5, 0.6) is 5.75 Å². The van der Waals surface area contributed by atoms with Gasteiger partial charge >= 0.3 is 5.97 Å². The second kappa shape index (κ2) is 6.87. The van der Waals surface area contributed by atoms with Crippen molar-refractivity contribution in [1.82, 2.24) is 4.98 Å². The molecule has 2 aromatic rings. The van der Waals surface area contributed by atoms with Crippen molar-refractivity contribution in [3.8, 4) is 5.75 Å². The fourth-order valence-corrected chi connectivity index (χ4v) is 2.83. The number of aliphatic hydroxyl groups is 1. The van der Waals surface area contributed by atoms with E-state index in [1.807, 2.05) is 32.0 Å². The van der Waals surface area contributed by atoms with Gasteiger partial charge in [0, 0.05) is 16.8 Å². The Balaban J connectivity index is 2.18. The average molecular weight is 317 g/mol. The lowest BCUT2D eigenvalue weighted by Gasteiger charge is -2.10. The van der Waals surface area contributed by atoms with Crippen LogP contribution >= 0.6 is 0 Å². The number of H-pyrrole nitrogens is 1. The number of aliphatic hydroxyl groups excluding tert-OH is 1. The summed E-state index contributed by atoms with van der Waals surface area (Å²) in [6.45, 7) is 7.41. The lowest BCUT2D eigenvalue weighted by atomic mass is 10.1. The SMILES string of the molecule is COc1ccc(C)cc1COC(=O)c1[nH]c(C)c([C@H](C)O)c1C. The van der Waals surface area contributed by atoms with Gasteiger partial charge in [0.2, 0.25) is 0 Å². The number of rotatable bonds is 5. The Hall–Kier alpha value is -2.27. The molecule has 23 heavy (non-hydrogen) atoms. The number of ether oxygens (including phenoxy) is 2. The normalized spacial score (nSPS) is 12.1. The summed E-state index contributed by atoms with van der Waals surface area (Å²) in [7, 11) is 1.59. The molecule has 5 heteroatoms. The van der Waals surface area contributed by atoms with Gasteiger partial charge in [-0.1, -0.05) is 11.6 Å². The number of aryl methyl sites for hydroxylation is 2. The molecule has 1 aromatic carbocycles. The van der Waals surface area contributed by atoms with Crippen molar-refractivity contribution >= 4 is 5.97 Å². The highest BCUT2D eigenvalue weighted by molar-refractivity contribution is 5.89. The number of aromatic amines is 1. The summed E-state index contributed by atoms with van der Waals surface area (Å²) in [5, 5.41) is 9.80. The molecule has 1 atom stereocenters. The number of methoxy groups -OCH3 is 1. The number of nitrogens with one attached hydrogen (secondary N) is 1. The van der Waals surface area contributed by atoms with Gasteiger partial charge in [-0.05, 0) is 45.4 Å². The van der Waals surface area contributed by atoms with E-state index in [2.05, 4.69) is 4.98 Å². The molecule has 0 spiro atoms. The van der Waals surface area contributed by atoms with Gasteiger partial charge in [0.1, 0.15) is 18.1 Å². The van der Waals surface area contributed by atoms with Crippen LogP contribution in [0, 0.1) is 20.8 Å². The molecule has 124 valence electrons. The molecule has 0 aliphatic heterocycles. The molecule has 0 aliphatic rings. The molecule has 1 aromatic heterocycles. The lowest BCUT2D eigenvalue weighted by molar-refractivity contribution is 0.0463. The first-order valence-electron chi connectivity index (χ1n) is 7.53. The Labute approximate surface area is 136 Å². The third kappa shape index (κ3) is 3.56. The quantitative estimate of drug-likeness (QED) is 0.830. The van der Waals surface area contributed by atoms with E-state index >= 15 is 0 Å². The summed E-state index contributed by atoms with van der Waals surface area (Å²) < 4.78 is 10.7. The van der Waals surface area contributed by atoms with Gasteiger partial charge in [-0.3, -0.25) is 0 Å². The van der Waals surface area contributed by atoms with E-state index in [4.69, 9.17) is 9.47 Å². The lowest BCUT2D eigenvalue weighted by Crippen LogP contribution is -2.08. The second-order valence-electron chi connectivity index (χ2n) is 5.73. The minimum absolute atomic E-state index is 0.130. The van der Waals surface area contributed by atoms with Crippen molar-refractivity contribution in [1.29, 1.82) is 0 Å². The highest BCUT2D eigenvalue weighted by Gasteiger charge is 2.21. The minimum atomic E-state index is -0.635. The molecular formula is C18H23NO4. The van der Waals surface area contributed by atoms with Gasteiger partial charge in [0.25, 0.3) is 0 Å². The van der Waals surface area contributed by atoms with Gasteiger partial charge in [-0.2, -0.15) is 0 Å². The van der Waals surface area contributed by atoms with Gasteiger partial charge in [0.05, 0.1) is 13.2 Å². The zero-order valence-corrected chi connectivity index (χ0v) is 14.2. The Morgan fingerprint density at radius 3 is 2.57 bits per heavy atom. The van der Waals surface area contributed by atoms with Crippen LogP contribution in [0.15, 0.2) is 18.2 Å². The Kier molecular flexibility index (Phi) is 5.11. The number of hydrogen-bond donors (Lipinski definition) is 2. The van der Waals surface area contributed by atoms with Crippen molar-refractivity contribution in [2.45, 2.75) is 40.4 Å². The molecule has 1 heterocycles. The smallest absolute Gasteiger partial charge is 0.355 e. The fraction of sp³-hybridized carbons (Fsp3) is 0.389. The highest BCUT2D eigenvalue weighted by atomic mass is 16.5. The Morgan fingerprint density at radius 2 is 2.00 bits per heavy atom. The maximum absolute atomic E-state index is 12.3. The van der Waals surface area contributed by atoms with E-state index in [9.17, 15) is 9.90 Å². The molecule has 5 nitrogen and oxygen atoms in total. The average Bonchev–Trinajstić information content (AvgIpc) is 2.80. The van der Waals surface area contributed by atoms with Gasteiger partial charge in [-0.25, -0.2) is 4.79 Å². The zero-order chi connectivity index (χ0) is 17.1. The van der Waals surface area contributed by atoms with Crippen molar-refractivity contribution < 1.29 is 19.4 Å². The number of esters is 1. The first kappa shape index (κ1) is 17.1. The van der Waals surface area contributed by atoms with E-state index in [0.29, 0.717) is 11.4 Å². The van der Waals surface area contributed by atoms with Gasteiger partial charge in [0.15, 0.2) is 0 Å². The third-order valence-corrected chi connectivity index (χ3v) is 3.91. The van der Waals surface area contributed by atoms with E-state index in [0.717, 1.165) is 27.9 Å². The summed E-state index contributed by atoms with van der Waals surface area (Å²) in [5.74, 6) is 0.244. The maximum atomic E-state index is 12.3. The van der Waals surface area contributed by atoms with Gasteiger partial charge in [-0.15, -0.1) is 0 Å². The molecule has 0 bridgehead atoms. The van der Waals surface area contributed by atoms with Crippen molar-refractivity contribution in [2.24, 2.45) is 0 Å². The largest absolute Gasteiger partial charge is 0.496 e. The second-order valence-corrected chi connectivity index (χ2v) is 5.73. The van der Waals surface area contributed by atoms with Crippen LogP contribution in [0.4, 0.5) is 0 Å². The maximum Gasteiger partial charge on any atom is 0.355 e. The molecule has 2 N–H and O–H groups in total. The summed E-state index contributed by atoms with van der Waals surface area (Å²) in [6, 6.07) is 5.73. The van der Waals surface area contributed by atoms with E-state index in [-0.39, 0.29) is 6.61 Å². The Bertz CT molecular complexity index is 716. The molecule has 0 saturated carbocycles. The number of benzene rings is 1. The van der Waals surface area contributed by atoms with Crippen LogP contribution in [0.3, 0.4) is 0 Å². The van der Waals surface area contributed by atoms with E-state index in [1.165, 1.54) is 0 Å². The van der Waals surface area contributed by atoms with Crippen LogP contribution in [-0.4, -0.2) is 23.2 Å². The predicted octanol–water partition coefficient (Wildman–Crippen LogP) is 3.36. The van der Waals surface area contributed by atoms with Crippen molar-refractivity contribution in [3.05, 3.63) is 51.8 Å². The molecule has 0 amide bonds. The highest BCUT2D eigenvalue weighted by Crippen LogP contribution is 2.26. The first-order valence-corrected chi connectivity index (χ1v) is 7.53. The summed E-state index contributed by atoms with van der Waals surface area (Å²) in [6.07, 6.45) is -0.635. The molecule has 0 radical (unpaired) electrons. The fourth-order valence-electron chi connectivity index (χ4n) is 2.83. The van der Waals surface area contributed by atoms with Gasteiger partial charge < -0.3 is 19.6 Å². The zero-order valence-electron chi connectivity index (χ0n) is 14.2. The molecule has 0 unspecified atom stereocenters. The van der Waals surface area contributed by atoms with Crippen LogP contribution in [-0.2, 0) is 11.3 Å². The number of hydrogen-bond acceptors (Lipinski definition) is 4. The van der Waals surface area contributed by atoms with Crippen molar-refractivity contribution in [2.75, 3.05) is 7.11 Å². The Morgan fingerprint density at radius 1 is 1.30 bits per heavy atom. The molecule has 0 fully saturated rings. The predicted molar refractivity (Wildman–Crippen MR) is 87.8 cm³/mol. The minimum Gasteiger partial charge on any atom is -0.496 e. The summed E-state index contributed by atoms with van der Waals surface area (Å²) in [4.78, 5) is 15.3. The van der Waals surface area contributed by atoms with Crippen LogP contribution < -0.4 is 4.74 Å². The summed E-state index contributed by atoms with van der Waals surface area (Å²) in [5.41, 5.74) is 4.50. The third-order valence-electron chi connectivity index (χ3n) is 3.91. The topological polar surface area (TPSA) is 71.5 Å². The van der Waals surface area contributed by atoms with Crippen LogP contribution in [0.1, 0.15) is 51.5 Å². The number of carbonyl (C=O) groups excluding carboxylic acids is 1. The standard InChI is InChI=1S/C18H23NO4/c1-10-6-7-15(22-5)14(8-10)9-23-18(21)17-11(2)16(13(4)20)12(3)19-17/h6-8,13,19-20H,9H2,1-5H3/t13-/m0/s1. The number of aromatic nitrogens is 1. The molecular weight excluding hydrogens is 294 g/mol. The molecule has 0 aliphatic carbocycles. The van der Waals surface area contributed by atoms with Crippen LogP contribution in [0.25, 0.3) is 0 Å². The number of carbonyl (C=O) groups is 1. The van der Waals surface area contributed by atoms with Crippen molar-refractivity contribution in [3.63, 3.8) is 0 Å². The molecule has 0 saturated heterocycles. The van der Waals surface area contributed by atoms with E-state index < -0.39 is 12.1 Å². The van der Waals surface area contributed by atoms with E-state index in [1.54, 1.807) is 21.0 Å². The van der Waals surface area contributed by atoms with Crippen LogP contribution in [0.2, 0.25) is 0 Å². The molecule has 2 rings (SSSR count). The summed E-state index contributed by atoms with van der Waals surface area (Å²) >= 11 is 0. The first-order chi connectivity index (χ1) is 10.8. The monoisotopic (exact) mass is 317 g/mol.